The number of hydrogen-bond donors (Lipinski definition) is 2. The number of hydrogen-bond acceptors (Lipinski definition) is 6. The van der Waals surface area contributed by atoms with Crippen LogP contribution < -0.4 is 10.9 Å². The van der Waals surface area contributed by atoms with Gasteiger partial charge in [0.25, 0.3) is 5.56 Å². The Morgan fingerprint density at radius 3 is 2.58 bits per heavy atom. The first-order valence-electron chi connectivity index (χ1n) is 10.0. The molecule has 0 amide bonds. The quantitative estimate of drug-likeness (QED) is 0.628. The van der Waals surface area contributed by atoms with Crippen molar-refractivity contribution in [1.82, 2.24) is 14.5 Å². The van der Waals surface area contributed by atoms with Crippen molar-refractivity contribution in [3.05, 3.63) is 76.3 Å². The molecule has 2 aromatic heterocycles. The highest BCUT2D eigenvalue weighted by atomic mass is 19.1. The van der Waals surface area contributed by atoms with Gasteiger partial charge < -0.3 is 19.7 Å². The van der Waals surface area contributed by atoms with Crippen LogP contribution >= 0.6 is 0 Å². The molecule has 2 N–H and O–H groups in total. The average molecular weight is 428 g/mol. The van der Waals surface area contributed by atoms with Crippen LogP contribution in [-0.2, 0) is 4.74 Å². The van der Waals surface area contributed by atoms with Gasteiger partial charge in [-0.2, -0.15) is 0 Å². The van der Waals surface area contributed by atoms with Crippen LogP contribution in [0, 0.1) is 11.6 Å². The number of rotatable bonds is 6. The first-order valence-corrected chi connectivity index (χ1v) is 10.0. The van der Waals surface area contributed by atoms with Crippen LogP contribution in [0.5, 0.6) is 0 Å². The van der Waals surface area contributed by atoms with Gasteiger partial charge >= 0.3 is 0 Å². The summed E-state index contributed by atoms with van der Waals surface area (Å²) >= 11 is 0. The monoisotopic (exact) mass is 428 g/mol. The smallest absolute Gasteiger partial charge is 0.251 e. The number of nitrogens with zero attached hydrogens (tertiary/aromatic N) is 3. The van der Waals surface area contributed by atoms with Crippen LogP contribution in [0.4, 0.5) is 14.7 Å². The number of benzene rings is 1. The van der Waals surface area contributed by atoms with Crippen LogP contribution in [0.1, 0.15) is 24.4 Å². The Labute approximate surface area is 177 Å². The predicted octanol–water partition coefficient (Wildman–Crippen LogP) is 2.76. The Morgan fingerprint density at radius 1 is 1.16 bits per heavy atom. The second-order valence-electron chi connectivity index (χ2n) is 7.36. The first-order chi connectivity index (χ1) is 15.0. The standard InChI is InChI=1S/C22H22F2N4O3/c23-16-9-15(10-17(24)12-16)20(13-29)28-6-2-14(11-21(28)30)19-1-5-25-22(27-19)26-18-3-7-31-8-4-18/h1-2,5-6,9-12,18,20,29H,3-4,7-8,13H2,(H,25,26,27). The normalized spacial score (nSPS) is 15.6. The zero-order chi connectivity index (χ0) is 21.8. The molecule has 1 aliphatic rings. The summed E-state index contributed by atoms with van der Waals surface area (Å²) in [6.07, 6.45) is 4.83. The number of nitrogens with one attached hydrogen (secondary N) is 1. The summed E-state index contributed by atoms with van der Waals surface area (Å²) in [6, 6.07) is 6.99. The van der Waals surface area contributed by atoms with Gasteiger partial charge in [-0.1, -0.05) is 0 Å². The third-order valence-electron chi connectivity index (χ3n) is 5.23. The molecule has 1 fully saturated rings. The van der Waals surface area contributed by atoms with E-state index in [1.807, 2.05) is 0 Å². The van der Waals surface area contributed by atoms with E-state index in [9.17, 15) is 18.7 Å². The van der Waals surface area contributed by atoms with Crippen molar-refractivity contribution in [3.8, 4) is 11.3 Å². The third kappa shape index (κ3) is 4.95. The molecule has 0 spiro atoms. The van der Waals surface area contributed by atoms with Crippen LogP contribution in [0.15, 0.2) is 53.6 Å². The van der Waals surface area contributed by atoms with Crippen molar-refractivity contribution < 1.29 is 18.6 Å². The lowest BCUT2D eigenvalue weighted by Gasteiger charge is -2.23. The molecule has 1 aromatic carbocycles. The van der Waals surface area contributed by atoms with E-state index in [0.29, 0.717) is 30.4 Å². The number of aliphatic hydroxyl groups excluding tert-OH is 1. The second kappa shape index (κ2) is 9.32. The molecule has 31 heavy (non-hydrogen) atoms. The topological polar surface area (TPSA) is 89.3 Å². The van der Waals surface area contributed by atoms with Crippen molar-refractivity contribution >= 4 is 5.95 Å². The average Bonchev–Trinajstić information content (AvgIpc) is 2.75. The maximum Gasteiger partial charge on any atom is 0.251 e. The van der Waals surface area contributed by atoms with Crippen LogP contribution in [0.3, 0.4) is 0 Å². The van der Waals surface area contributed by atoms with Crippen molar-refractivity contribution in [3.63, 3.8) is 0 Å². The predicted molar refractivity (Wildman–Crippen MR) is 111 cm³/mol. The van der Waals surface area contributed by atoms with E-state index in [2.05, 4.69) is 15.3 Å². The molecular weight excluding hydrogens is 406 g/mol. The van der Waals surface area contributed by atoms with Gasteiger partial charge in [0.2, 0.25) is 5.95 Å². The molecule has 0 radical (unpaired) electrons. The molecule has 1 unspecified atom stereocenters. The number of aliphatic hydroxyl groups is 1. The summed E-state index contributed by atoms with van der Waals surface area (Å²) < 4.78 is 33.8. The van der Waals surface area contributed by atoms with Gasteiger partial charge in [-0.3, -0.25) is 4.79 Å². The fourth-order valence-electron chi connectivity index (χ4n) is 3.64. The largest absolute Gasteiger partial charge is 0.394 e. The summed E-state index contributed by atoms with van der Waals surface area (Å²) in [5.41, 5.74) is 0.866. The minimum Gasteiger partial charge on any atom is -0.394 e. The molecule has 0 bridgehead atoms. The minimum atomic E-state index is -0.914. The van der Waals surface area contributed by atoms with E-state index >= 15 is 0 Å². The van der Waals surface area contributed by atoms with Crippen molar-refractivity contribution in [1.29, 1.82) is 0 Å². The van der Waals surface area contributed by atoms with E-state index in [4.69, 9.17) is 4.74 Å². The Balaban J connectivity index is 1.60. The van der Waals surface area contributed by atoms with Gasteiger partial charge in [-0.05, 0) is 42.7 Å². The number of aromatic nitrogens is 3. The number of pyridine rings is 1. The maximum absolute atomic E-state index is 13.6. The lowest BCUT2D eigenvalue weighted by Crippen LogP contribution is -2.28. The Hall–Kier alpha value is -3.17. The summed E-state index contributed by atoms with van der Waals surface area (Å²) in [5.74, 6) is -1.08. The van der Waals surface area contributed by atoms with Crippen LogP contribution in [-0.4, -0.2) is 45.5 Å². The fraction of sp³-hybridized carbons (Fsp3) is 0.318. The molecule has 9 heteroatoms. The summed E-state index contributed by atoms with van der Waals surface area (Å²) in [5, 5.41) is 13.1. The first kappa shape index (κ1) is 21.1. The van der Waals surface area contributed by atoms with Crippen molar-refractivity contribution in [2.75, 3.05) is 25.1 Å². The SMILES string of the molecule is O=c1cc(-c2ccnc(NC3CCOCC3)n2)ccn1C(CO)c1cc(F)cc(F)c1. The van der Waals surface area contributed by atoms with E-state index < -0.39 is 29.8 Å². The maximum atomic E-state index is 13.6. The lowest BCUT2D eigenvalue weighted by molar-refractivity contribution is 0.0903. The van der Waals surface area contributed by atoms with E-state index in [1.165, 1.54) is 16.8 Å². The third-order valence-corrected chi connectivity index (χ3v) is 5.23. The molecule has 7 nitrogen and oxygen atoms in total. The van der Waals surface area contributed by atoms with Gasteiger partial charge in [0.1, 0.15) is 11.6 Å². The molecule has 0 aliphatic carbocycles. The molecule has 3 heterocycles. The van der Waals surface area contributed by atoms with Crippen molar-refractivity contribution in [2.45, 2.75) is 24.9 Å². The second-order valence-corrected chi connectivity index (χ2v) is 7.36. The highest BCUT2D eigenvalue weighted by molar-refractivity contribution is 5.59. The molecule has 0 saturated carbocycles. The molecule has 1 aliphatic heterocycles. The summed E-state index contributed by atoms with van der Waals surface area (Å²) in [6.45, 7) is 0.891. The summed E-state index contributed by atoms with van der Waals surface area (Å²) in [7, 11) is 0. The number of halogens is 2. The van der Waals surface area contributed by atoms with Crippen molar-refractivity contribution in [2.24, 2.45) is 0 Å². The molecule has 4 rings (SSSR count). The van der Waals surface area contributed by atoms with E-state index in [0.717, 1.165) is 31.0 Å². The molecular formula is C22H22F2N4O3. The summed E-state index contributed by atoms with van der Waals surface area (Å²) in [4.78, 5) is 21.5. The number of ether oxygens (including phenoxy) is 1. The number of anilines is 1. The highest BCUT2D eigenvalue weighted by Crippen LogP contribution is 2.22. The Kier molecular flexibility index (Phi) is 6.34. The Bertz CT molecular complexity index is 1100. The van der Waals surface area contributed by atoms with Crippen LogP contribution in [0.2, 0.25) is 0 Å². The highest BCUT2D eigenvalue weighted by Gasteiger charge is 2.18. The van der Waals surface area contributed by atoms with Gasteiger partial charge in [0.15, 0.2) is 0 Å². The van der Waals surface area contributed by atoms with E-state index in [1.54, 1.807) is 18.3 Å². The van der Waals surface area contributed by atoms with Gasteiger partial charge in [0.05, 0.1) is 18.3 Å². The van der Waals surface area contributed by atoms with Gasteiger partial charge in [-0.15, -0.1) is 0 Å². The van der Waals surface area contributed by atoms with Gasteiger partial charge in [-0.25, -0.2) is 18.7 Å². The van der Waals surface area contributed by atoms with Crippen LogP contribution in [0.25, 0.3) is 11.3 Å². The molecule has 3 aromatic rings. The molecule has 1 atom stereocenters. The minimum absolute atomic E-state index is 0.167. The molecule has 1 saturated heterocycles. The van der Waals surface area contributed by atoms with Gasteiger partial charge in [0, 0.05) is 49.3 Å². The lowest BCUT2D eigenvalue weighted by atomic mass is 10.1. The molecule has 162 valence electrons. The zero-order valence-corrected chi connectivity index (χ0v) is 16.7. The zero-order valence-electron chi connectivity index (χ0n) is 16.7. The fourth-order valence-corrected chi connectivity index (χ4v) is 3.64. The van der Waals surface area contributed by atoms with E-state index in [-0.39, 0.29) is 11.6 Å². The Morgan fingerprint density at radius 2 is 1.90 bits per heavy atom.